The smallest absolute Gasteiger partial charge is 0.216 e. The summed E-state index contributed by atoms with van der Waals surface area (Å²) in [6, 6.07) is 6.70. The van der Waals surface area contributed by atoms with Crippen molar-refractivity contribution in [2.24, 2.45) is 0 Å². The molecule has 15 heavy (non-hydrogen) atoms. The van der Waals surface area contributed by atoms with Crippen LogP contribution in [0.4, 0.5) is 5.69 Å². The van der Waals surface area contributed by atoms with Crippen LogP contribution in [0.1, 0.15) is 12.5 Å². The minimum atomic E-state index is -0.164. The minimum absolute atomic E-state index is 0.115. The number of hydrogen-bond donors (Lipinski definition) is 2. The molecule has 0 spiro atoms. The lowest BCUT2D eigenvalue weighted by molar-refractivity contribution is -0.118. The van der Waals surface area contributed by atoms with Gasteiger partial charge in [-0.2, -0.15) is 0 Å². The molecule has 0 radical (unpaired) electrons. The third-order valence-corrected chi connectivity index (χ3v) is 1.97. The summed E-state index contributed by atoms with van der Waals surface area (Å²) in [6.07, 6.45) is 0.509. The summed E-state index contributed by atoms with van der Waals surface area (Å²) in [4.78, 5) is 10.6. The normalized spacial score (nSPS) is 9.80. The molecule has 0 bridgehead atoms. The maximum absolute atomic E-state index is 10.7. The molecular weight excluding hydrogens is 196 g/mol. The second-order valence-corrected chi connectivity index (χ2v) is 3.13. The third-order valence-electron chi connectivity index (χ3n) is 1.97. The van der Waals surface area contributed by atoms with E-state index in [1.807, 2.05) is 0 Å². The van der Waals surface area contributed by atoms with Gasteiger partial charge in [-0.15, -0.1) is 0 Å². The van der Waals surface area contributed by atoms with E-state index in [0.29, 0.717) is 18.5 Å². The average Bonchev–Trinajstić information content (AvgIpc) is 2.17. The number of amides is 1. The van der Waals surface area contributed by atoms with Crippen LogP contribution in [-0.4, -0.2) is 17.7 Å². The number of para-hydroxylation sites is 1. The van der Waals surface area contributed by atoms with Crippen LogP contribution < -0.4 is 10.5 Å². The van der Waals surface area contributed by atoms with Crippen molar-refractivity contribution in [2.45, 2.75) is 13.3 Å². The molecule has 1 aromatic rings. The van der Waals surface area contributed by atoms with E-state index in [1.165, 1.54) is 13.0 Å². The number of hydrogen-bond acceptors (Lipinski definition) is 4. The summed E-state index contributed by atoms with van der Waals surface area (Å²) in [5, 5.41) is 22.0. The molecule has 0 unspecified atom stereocenters. The molecule has 0 aliphatic heterocycles. The summed E-state index contributed by atoms with van der Waals surface area (Å²) >= 11 is 0. The van der Waals surface area contributed by atoms with Crippen molar-refractivity contribution in [3.8, 4) is 0 Å². The van der Waals surface area contributed by atoms with Crippen molar-refractivity contribution in [3.05, 3.63) is 35.0 Å². The van der Waals surface area contributed by atoms with E-state index in [2.05, 4.69) is 5.32 Å². The Bertz CT molecular complexity index is 339. The highest BCUT2D eigenvalue weighted by atomic mass is 16.8. The van der Waals surface area contributed by atoms with Crippen LogP contribution in [0, 0.1) is 5.21 Å². The topological polar surface area (TPSA) is 75.6 Å². The largest absolute Gasteiger partial charge is 0.733 e. The van der Waals surface area contributed by atoms with Gasteiger partial charge < -0.3 is 15.8 Å². The van der Waals surface area contributed by atoms with Crippen molar-refractivity contribution in [2.75, 3.05) is 11.8 Å². The lowest BCUT2D eigenvalue weighted by Gasteiger charge is -2.24. The predicted molar refractivity (Wildman–Crippen MR) is 56.5 cm³/mol. The van der Waals surface area contributed by atoms with Gasteiger partial charge in [-0.25, -0.2) is 0 Å². The van der Waals surface area contributed by atoms with Crippen LogP contribution >= 0.6 is 0 Å². The molecule has 0 saturated heterocycles. The molecule has 0 aromatic heterocycles. The number of nitrogens with zero attached hydrogens (tertiary/aromatic N) is 1. The second-order valence-electron chi connectivity index (χ2n) is 3.13. The highest BCUT2D eigenvalue weighted by molar-refractivity contribution is 5.72. The van der Waals surface area contributed by atoms with E-state index in [1.54, 1.807) is 18.2 Å². The predicted octanol–water partition coefficient (Wildman–Crippen LogP) is 1.06. The first-order chi connectivity index (χ1) is 7.11. The Morgan fingerprint density at radius 2 is 2.20 bits per heavy atom. The molecule has 1 amide bonds. The molecule has 0 aliphatic carbocycles. The van der Waals surface area contributed by atoms with Gasteiger partial charge >= 0.3 is 0 Å². The Hall–Kier alpha value is -1.59. The van der Waals surface area contributed by atoms with E-state index in [-0.39, 0.29) is 16.8 Å². The zero-order valence-electron chi connectivity index (χ0n) is 8.43. The van der Waals surface area contributed by atoms with E-state index < -0.39 is 0 Å². The number of carbonyl (C=O) groups excluding carboxylic acids is 1. The van der Waals surface area contributed by atoms with Crippen LogP contribution in [-0.2, 0) is 11.2 Å². The summed E-state index contributed by atoms with van der Waals surface area (Å²) < 4.78 is 0. The number of anilines is 1. The Morgan fingerprint density at radius 1 is 1.53 bits per heavy atom. The average molecular weight is 209 g/mol. The quantitative estimate of drug-likeness (QED) is 0.727. The number of benzene rings is 1. The highest BCUT2D eigenvalue weighted by Crippen LogP contribution is 2.18. The number of rotatable bonds is 4. The van der Waals surface area contributed by atoms with Crippen LogP contribution in [0.3, 0.4) is 0 Å². The molecule has 82 valence electrons. The fraction of sp³-hybridized carbons (Fsp3) is 0.300. The fourth-order valence-electron chi connectivity index (χ4n) is 1.28. The van der Waals surface area contributed by atoms with Gasteiger partial charge in [0, 0.05) is 13.5 Å². The second kappa shape index (κ2) is 5.33. The van der Waals surface area contributed by atoms with Gasteiger partial charge in [0.1, 0.15) is 0 Å². The monoisotopic (exact) mass is 209 g/mol. The molecule has 5 nitrogen and oxygen atoms in total. The molecule has 0 atom stereocenters. The van der Waals surface area contributed by atoms with E-state index in [9.17, 15) is 10.0 Å². The molecule has 1 rings (SSSR count). The van der Waals surface area contributed by atoms with Gasteiger partial charge in [0.15, 0.2) is 0 Å². The van der Waals surface area contributed by atoms with Crippen molar-refractivity contribution in [3.63, 3.8) is 0 Å². The molecular formula is C10H13N2O3-. The van der Waals surface area contributed by atoms with Crippen LogP contribution in [0.25, 0.3) is 0 Å². The van der Waals surface area contributed by atoms with Gasteiger partial charge in [0.2, 0.25) is 5.91 Å². The molecule has 0 aliphatic rings. The first kappa shape index (κ1) is 11.5. The molecule has 5 heteroatoms. The number of nitrogens with one attached hydrogen (secondary N) is 1. The van der Waals surface area contributed by atoms with Crippen LogP contribution in [0.5, 0.6) is 0 Å². The molecule has 1 aromatic carbocycles. The van der Waals surface area contributed by atoms with Gasteiger partial charge in [-0.1, -0.05) is 18.2 Å². The summed E-state index contributed by atoms with van der Waals surface area (Å²) in [5.41, 5.74) is 0.909. The maximum atomic E-state index is 10.7. The van der Waals surface area contributed by atoms with Crippen molar-refractivity contribution in [1.29, 1.82) is 0 Å². The molecule has 0 heterocycles. The van der Waals surface area contributed by atoms with E-state index in [0.717, 1.165) is 0 Å². The van der Waals surface area contributed by atoms with E-state index >= 15 is 0 Å². The molecule has 0 saturated carbocycles. The summed E-state index contributed by atoms with van der Waals surface area (Å²) in [7, 11) is 0. The van der Waals surface area contributed by atoms with Crippen LogP contribution in [0.15, 0.2) is 24.3 Å². The Labute approximate surface area is 87.9 Å². The van der Waals surface area contributed by atoms with Crippen molar-refractivity contribution < 1.29 is 10.0 Å². The summed E-state index contributed by atoms with van der Waals surface area (Å²) in [6.45, 7) is 1.87. The Morgan fingerprint density at radius 3 is 2.80 bits per heavy atom. The van der Waals surface area contributed by atoms with Gasteiger partial charge in [-0.3, -0.25) is 10.0 Å². The van der Waals surface area contributed by atoms with E-state index in [4.69, 9.17) is 5.21 Å². The fourth-order valence-corrected chi connectivity index (χ4v) is 1.28. The third kappa shape index (κ3) is 3.57. The van der Waals surface area contributed by atoms with Gasteiger partial charge in [-0.05, 0) is 18.1 Å². The lowest BCUT2D eigenvalue weighted by Crippen LogP contribution is -2.23. The Kier molecular flexibility index (Phi) is 4.08. The Balaban J connectivity index is 2.63. The maximum Gasteiger partial charge on any atom is 0.216 e. The van der Waals surface area contributed by atoms with Crippen molar-refractivity contribution >= 4 is 11.6 Å². The lowest BCUT2D eigenvalue weighted by atomic mass is 10.1. The summed E-state index contributed by atoms with van der Waals surface area (Å²) in [5.74, 6) is -0.115. The molecule has 2 N–H and O–H groups in total. The van der Waals surface area contributed by atoms with Gasteiger partial charge in [0.05, 0.1) is 5.69 Å². The van der Waals surface area contributed by atoms with Gasteiger partial charge in [0.25, 0.3) is 0 Å². The molecule has 0 fully saturated rings. The number of carbonyl (C=O) groups is 1. The standard InChI is InChI=1S/C10H13N2O3/c1-8(13)11-7-6-9-4-2-3-5-10(9)12(14)15/h2-5,14H,6-7H2,1H3,(H,11,13)/q-1. The highest BCUT2D eigenvalue weighted by Gasteiger charge is 2.01. The van der Waals surface area contributed by atoms with Crippen LogP contribution in [0.2, 0.25) is 0 Å². The van der Waals surface area contributed by atoms with Crippen molar-refractivity contribution in [1.82, 2.24) is 5.32 Å². The zero-order valence-corrected chi connectivity index (χ0v) is 8.43. The SMILES string of the molecule is CC(=O)NCCc1ccccc1N([O-])O. The zero-order chi connectivity index (χ0) is 11.3. The first-order valence-electron chi connectivity index (χ1n) is 4.59. The minimum Gasteiger partial charge on any atom is -0.733 e. The first-order valence-corrected chi connectivity index (χ1v) is 4.59.